The van der Waals surface area contributed by atoms with Crippen LogP contribution in [0.1, 0.15) is 33.2 Å². The first-order chi connectivity index (χ1) is 16.5. The van der Waals surface area contributed by atoms with Gasteiger partial charge in [0.1, 0.15) is 12.4 Å². The Labute approximate surface area is 204 Å². The Kier molecular flexibility index (Phi) is 9.13. The molecule has 0 fully saturated rings. The molecule has 3 aromatic rings. The molecule has 7 nitrogen and oxygen atoms in total. The summed E-state index contributed by atoms with van der Waals surface area (Å²) in [6, 6.07) is 21.3. The van der Waals surface area contributed by atoms with Gasteiger partial charge >= 0.3 is 0 Å². The molecule has 3 aromatic carbocycles. The minimum atomic E-state index is -0.383. The maximum atomic E-state index is 12.7. The van der Waals surface area contributed by atoms with E-state index in [0.29, 0.717) is 48.1 Å². The number of carbonyl (C=O) groups is 2. The first kappa shape index (κ1) is 24.9. The lowest BCUT2D eigenvalue weighted by Gasteiger charge is -2.13. The van der Waals surface area contributed by atoms with Crippen LogP contribution < -0.4 is 20.7 Å². The van der Waals surface area contributed by atoms with E-state index in [1.54, 1.807) is 54.6 Å². The zero-order valence-electron chi connectivity index (χ0n) is 19.1. The molecule has 8 heteroatoms. The zero-order valence-corrected chi connectivity index (χ0v) is 19.9. The van der Waals surface area contributed by atoms with Crippen molar-refractivity contribution in [2.24, 2.45) is 0 Å². The molecule has 0 aromatic heterocycles. The summed E-state index contributed by atoms with van der Waals surface area (Å²) in [5.41, 5.74) is 3.29. The summed E-state index contributed by atoms with van der Waals surface area (Å²) in [4.78, 5) is 25.1. The molecule has 176 valence electrons. The van der Waals surface area contributed by atoms with Gasteiger partial charge in [-0.1, -0.05) is 29.8 Å². The highest BCUT2D eigenvalue weighted by Gasteiger charge is 2.14. The Morgan fingerprint density at radius 2 is 1.56 bits per heavy atom. The fourth-order valence-electron chi connectivity index (χ4n) is 3.09. The fourth-order valence-corrected chi connectivity index (χ4v) is 3.30. The van der Waals surface area contributed by atoms with Gasteiger partial charge in [0.25, 0.3) is 11.8 Å². The van der Waals surface area contributed by atoms with Crippen molar-refractivity contribution in [2.75, 3.05) is 30.5 Å². The molecule has 3 rings (SSSR count). The number of ether oxygens (including phenoxy) is 2. The van der Waals surface area contributed by atoms with Crippen molar-refractivity contribution in [1.29, 1.82) is 0 Å². The van der Waals surface area contributed by atoms with Crippen molar-refractivity contribution in [2.45, 2.75) is 13.8 Å². The van der Waals surface area contributed by atoms with Gasteiger partial charge in [0, 0.05) is 23.5 Å². The van der Waals surface area contributed by atoms with Crippen LogP contribution >= 0.6 is 12.2 Å². The number of thiocarbonyl (C=S) groups is 1. The minimum absolute atomic E-state index is 0.144. The first-order valence-electron chi connectivity index (χ1n) is 10.9. The van der Waals surface area contributed by atoms with Gasteiger partial charge in [0.05, 0.1) is 12.2 Å². The summed E-state index contributed by atoms with van der Waals surface area (Å²) in [6.45, 7) is 5.23. The number of hydrogen-bond donors (Lipinski definition) is 3. The minimum Gasteiger partial charge on any atom is -0.490 e. The summed E-state index contributed by atoms with van der Waals surface area (Å²) < 4.78 is 10.9. The summed E-state index contributed by atoms with van der Waals surface area (Å²) in [5.74, 6) is -0.114. The van der Waals surface area contributed by atoms with Crippen LogP contribution in [0, 0.1) is 6.92 Å². The van der Waals surface area contributed by atoms with E-state index in [1.165, 1.54) is 0 Å². The van der Waals surface area contributed by atoms with E-state index in [2.05, 4.69) is 16.0 Å². The highest BCUT2D eigenvalue weighted by atomic mass is 32.1. The van der Waals surface area contributed by atoms with Crippen molar-refractivity contribution in [3.63, 3.8) is 0 Å². The van der Waals surface area contributed by atoms with Crippen molar-refractivity contribution < 1.29 is 19.1 Å². The number of carbonyl (C=O) groups excluding carboxylic acids is 2. The van der Waals surface area contributed by atoms with Crippen LogP contribution in [0.15, 0.2) is 72.8 Å². The SMILES string of the molecule is CCOCCOc1ccccc1C(=O)NC(=S)Nc1ccc(NC(=O)c2cccc(C)c2)cc1. The Morgan fingerprint density at radius 3 is 2.26 bits per heavy atom. The Hall–Kier alpha value is -3.75. The summed E-state index contributed by atoms with van der Waals surface area (Å²) in [7, 11) is 0. The molecular formula is C26H27N3O4S. The molecule has 0 bridgehead atoms. The van der Waals surface area contributed by atoms with Gasteiger partial charge in [0.2, 0.25) is 0 Å². The quantitative estimate of drug-likeness (QED) is 0.303. The van der Waals surface area contributed by atoms with Crippen LogP contribution in [0.25, 0.3) is 0 Å². The lowest BCUT2D eigenvalue weighted by molar-refractivity contribution is 0.0958. The zero-order chi connectivity index (χ0) is 24.3. The van der Waals surface area contributed by atoms with E-state index in [9.17, 15) is 9.59 Å². The number of anilines is 2. The monoisotopic (exact) mass is 477 g/mol. The molecule has 0 aliphatic heterocycles. The average molecular weight is 478 g/mol. The predicted molar refractivity (Wildman–Crippen MR) is 138 cm³/mol. The number of benzene rings is 3. The molecule has 0 aliphatic carbocycles. The molecule has 3 N–H and O–H groups in total. The van der Waals surface area contributed by atoms with Crippen LogP contribution in [-0.4, -0.2) is 36.7 Å². The van der Waals surface area contributed by atoms with Gasteiger partial charge < -0.3 is 20.1 Å². The highest BCUT2D eigenvalue weighted by molar-refractivity contribution is 7.80. The van der Waals surface area contributed by atoms with E-state index in [4.69, 9.17) is 21.7 Å². The summed E-state index contributed by atoms with van der Waals surface area (Å²) >= 11 is 5.28. The van der Waals surface area contributed by atoms with Gasteiger partial charge in [-0.05, 0) is 74.6 Å². The van der Waals surface area contributed by atoms with Crippen molar-refractivity contribution in [3.8, 4) is 5.75 Å². The van der Waals surface area contributed by atoms with E-state index < -0.39 is 0 Å². The third-order valence-corrected chi connectivity index (χ3v) is 4.93. The lowest BCUT2D eigenvalue weighted by Crippen LogP contribution is -2.34. The van der Waals surface area contributed by atoms with E-state index >= 15 is 0 Å². The predicted octanol–water partition coefficient (Wildman–Crippen LogP) is 4.79. The number of nitrogens with one attached hydrogen (secondary N) is 3. The molecular weight excluding hydrogens is 450 g/mol. The summed E-state index contributed by atoms with van der Waals surface area (Å²) in [5, 5.41) is 8.63. The number of rotatable bonds is 9. The molecule has 0 unspecified atom stereocenters. The molecule has 0 radical (unpaired) electrons. The Bertz CT molecular complexity index is 1150. The number of aryl methyl sites for hydroxylation is 1. The second-order valence-corrected chi connectivity index (χ2v) is 7.76. The van der Waals surface area contributed by atoms with Gasteiger partial charge in [-0.15, -0.1) is 0 Å². The molecule has 0 heterocycles. The van der Waals surface area contributed by atoms with Gasteiger partial charge in [-0.2, -0.15) is 0 Å². The maximum Gasteiger partial charge on any atom is 0.261 e. The second-order valence-electron chi connectivity index (χ2n) is 7.35. The van der Waals surface area contributed by atoms with Crippen molar-refractivity contribution in [1.82, 2.24) is 5.32 Å². The van der Waals surface area contributed by atoms with Crippen LogP contribution in [0.5, 0.6) is 5.75 Å². The Morgan fingerprint density at radius 1 is 0.853 bits per heavy atom. The fraction of sp³-hybridized carbons (Fsp3) is 0.192. The first-order valence-corrected chi connectivity index (χ1v) is 11.3. The van der Waals surface area contributed by atoms with E-state index in [1.807, 2.05) is 32.0 Å². The van der Waals surface area contributed by atoms with Crippen LogP contribution in [0.2, 0.25) is 0 Å². The molecule has 0 saturated carbocycles. The van der Waals surface area contributed by atoms with E-state index in [0.717, 1.165) is 5.56 Å². The number of hydrogen-bond acceptors (Lipinski definition) is 5. The standard InChI is InChI=1S/C26H27N3O4S/c1-3-32-15-16-33-23-10-5-4-9-22(23)25(31)29-26(34)28-21-13-11-20(12-14-21)27-24(30)19-8-6-7-18(2)17-19/h4-14,17H,3,15-16H2,1-2H3,(H,27,30)(H2,28,29,31,34). The van der Waals surface area contributed by atoms with Crippen molar-refractivity contribution >= 4 is 40.5 Å². The molecule has 0 saturated heterocycles. The molecule has 0 aliphatic rings. The smallest absolute Gasteiger partial charge is 0.261 e. The van der Waals surface area contributed by atoms with Gasteiger partial charge in [0.15, 0.2) is 5.11 Å². The number of amides is 2. The maximum absolute atomic E-state index is 12.7. The lowest BCUT2D eigenvalue weighted by atomic mass is 10.1. The normalized spacial score (nSPS) is 10.3. The van der Waals surface area contributed by atoms with Crippen LogP contribution in [0.4, 0.5) is 11.4 Å². The largest absolute Gasteiger partial charge is 0.490 e. The summed E-state index contributed by atoms with van der Waals surface area (Å²) in [6.07, 6.45) is 0. The average Bonchev–Trinajstić information content (AvgIpc) is 2.83. The van der Waals surface area contributed by atoms with E-state index in [-0.39, 0.29) is 16.9 Å². The third kappa shape index (κ3) is 7.40. The second kappa shape index (κ2) is 12.5. The topological polar surface area (TPSA) is 88.7 Å². The molecule has 0 atom stereocenters. The van der Waals surface area contributed by atoms with Crippen LogP contribution in [0.3, 0.4) is 0 Å². The van der Waals surface area contributed by atoms with Gasteiger partial charge in [-0.25, -0.2) is 0 Å². The molecule has 2 amide bonds. The van der Waals surface area contributed by atoms with Crippen LogP contribution in [-0.2, 0) is 4.74 Å². The third-order valence-electron chi connectivity index (χ3n) is 4.73. The highest BCUT2D eigenvalue weighted by Crippen LogP contribution is 2.18. The van der Waals surface area contributed by atoms with Crippen molar-refractivity contribution in [3.05, 3.63) is 89.5 Å². The molecule has 34 heavy (non-hydrogen) atoms. The van der Waals surface area contributed by atoms with Gasteiger partial charge in [-0.3, -0.25) is 14.9 Å². The molecule has 0 spiro atoms. The Balaban J connectivity index is 1.54. The number of para-hydroxylation sites is 1.